The fraction of sp³-hybridized carbons (Fsp3) is 0.750. The van der Waals surface area contributed by atoms with E-state index in [2.05, 4.69) is 5.32 Å². The van der Waals surface area contributed by atoms with E-state index >= 15 is 0 Å². The lowest BCUT2D eigenvalue weighted by Gasteiger charge is -2.30. The van der Waals surface area contributed by atoms with Crippen LogP contribution < -0.4 is 5.32 Å². The first-order valence-electron chi connectivity index (χ1n) is 6.44. The van der Waals surface area contributed by atoms with Gasteiger partial charge in [0.15, 0.2) is 0 Å². The van der Waals surface area contributed by atoms with Crippen LogP contribution in [0.25, 0.3) is 0 Å². The van der Waals surface area contributed by atoms with Crippen molar-refractivity contribution in [2.75, 3.05) is 32.8 Å². The topological polar surface area (TPSA) is 95.9 Å². The highest BCUT2D eigenvalue weighted by atomic mass is 16.5. The van der Waals surface area contributed by atoms with Crippen molar-refractivity contribution >= 4 is 17.8 Å². The molecule has 7 nitrogen and oxygen atoms in total. The SMILES string of the molecule is CCOC(=O)C1CCN(C(=O)C(=O)NCCO)CC1. The first-order valence-corrected chi connectivity index (χ1v) is 6.44. The van der Waals surface area contributed by atoms with E-state index < -0.39 is 11.8 Å². The molecule has 0 aromatic carbocycles. The Hall–Kier alpha value is -1.63. The van der Waals surface area contributed by atoms with Gasteiger partial charge < -0.3 is 20.1 Å². The molecule has 0 atom stereocenters. The van der Waals surface area contributed by atoms with E-state index in [4.69, 9.17) is 9.84 Å². The highest BCUT2D eigenvalue weighted by Gasteiger charge is 2.30. The summed E-state index contributed by atoms with van der Waals surface area (Å²) in [6, 6.07) is 0. The molecule has 0 saturated carbocycles. The summed E-state index contributed by atoms with van der Waals surface area (Å²) in [7, 11) is 0. The Labute approximate surface area is 111 Å². The number of amides is 2. The van der Waals surface area contributed by atoms with Crippen molar-refractivity contribution in [1.82, 2.24) is 10.2 Å². The predicted octanol–water partition coefficient (Wildman–Crippen LogP) is -1.10. The molecule has 19 heavy (non-hydrogen) atoms. The molecular weight excluding hydrogens is 252 g/mol. The van der Waals surface area contributed by atoms with Gasteiger partial charge in [0.05, 0.1) is 19.1 Å². The van der Waals surface area contributed by atoms with Crippen LogP contribution in [0.15, 0.2) is 0 Å². The Morgan fingerprint density at radius 2 is 1.95 bits per heavy atom. The second kappa shape index (κ2) is 7.73. The number of likely N-dealkylation sites (tertiary alicyclic amines) is 1. The molecule has 2 amide bonds. The molecule has 7 heteroatoms. The molecule has 1 aliphatic heterocycles. The zero-order chi connectivity index (χ0) is 14.3. The molecule has 108 valence electrons. The summed E-state index contributed by atoms with van der Waals surface area (Å²) in [6.07, 6.45) is 1.02. The average Bonchev–Trinajstić information content (AvgIpc) is 2.44. The van der Waals surface area contributed by atoms with E-state index in [1.165, 1.54) is 4.90 Å². The van der Waals surface area contributed by atoms with E-state index in [0.717, 1.165) is 0 Å². The second-order valence-corrected chi connectivity index (χ2v) is 4.30. The number of aliphatic hydroxyl groups is 1. The maximum Gasteiger partial charge on any atom is 0.311 e. The van der Waals surface area contributed by atoms with Crippen LogP contribution in [-0.4, -0.2) is 60.6 Å². The third-order valence-electron chi connectivity index (χ3n) is 2.99. The number of rotatable bonds is 4. The van der Waals surface area contributed by atoms with Gasteiger partial charge in [-0.15, -0.1) is 0 Å². The molecular formula is C12H20N2O5. The Morgan fingerprint density at radius 1 is 1.32 bits per heavy atom. The number of nitrogens with zero attached hydrogens (tertiary/aromatic N) is 1. The summed E-state index contributed by atoms with van der Waals surface area (Å²) < 4.78 is 4.93. The number of carbonyl (C=O) groups is 3. The minimum absolute atomic E-state index is 0.0594. The van der Waals surface area contributed by atoms with Crippen molar-refractivity contribution in [2.24, 2.45) is 5.92 Å². The van der Waals surface area contributed by atoms with E-state index in [1.54, 1.807) is 6.92 Å². The van der Waals surface area contributed by atoms with Crippen LogP contribution >= 0.6 is 0 Å². The number of nitrogens with one attached hydrogen (secondary N) is 1. The van der Waals surface area contributed by atoms with Crippen LogP contribution in [0.3, 0.4) is 0 Å². The van der Waals surface area contributed by atoms with Crippen molar-refractivity contribution in [3.05, 3.63) is 0 Å². The average molecular weight is 272 g/mol. The molecule has 0 radical (unpaired) electrons. The Kier molecular flexibility index (Phi) is 6.27. The van der Waals surface area contributed by atoms with Crippen LogP contribution in [0.1, 0.15) is 19.8 Å². The van der Waals surface area contributed by atoms with E-state index in [9.17, 15) is 14.4 Å². The first kappa shape index (κ1) is 15.4. The summed E-state index contributed by atoms with van der Waals surface area (Å²) >= 11 is 0. The molecule has 1 saturated heterocycles. The van der Waals surface area contributed by atoms with Crippen LogP contribution in [0.5, 0.6) is 0 Å². The molecule has 0 unspecified atom stereocenters. The van der Waals surface area contributed by atoms with Gasteiger partial charge in [-0.05, 0) is 19.8 Å². The van der Waals surface area contributed by atoms with Gasteiger partial charge in [-0.25, -0.2) is 0 Å². The standard InChI is InChI=1S/C12H20N2O5/c1-2-19-12(18)9-3-6-14(7-4-9)11(17)10(16)13-5-8-15/h9,15H,2-8H2,1H3,(H,13,16). The second-order valence-electron chi connectivity index (χ2n) is 4.30. The molecule has 0 bridgehead atoms. The third-order valence-corrected chi connectivity index (χ3v) is 2.99. The number of piperidine rings is 1. The molecule has 1 aliphatic rings. The summed E-state index contributed by atoms with van der Waals surface area (Å²) in [5.74, 6) is -1.76. The Bertz CT molecular complexity index is 337. The van der Waals surface area contributed by atoms with Gasteiger partial charge in [0.25, 0.3) is 0 Å². The number of carbonyl (C=O) groups excluding carboxylic acids is 3. The van der Waals surface area contributed by atoms with Gasteiger partial charge in [-0.1, -0.05) is 0 Å². The highest BCUT2D eigenvalue weighted by molar-refractivity contribution is 6.35. The van der Waals surface area contributed by atoms with Gasteiger partial charge >= 0.3 is 17.8 Å². The predicted molar refractivity (Wildman–Crippen MR) is 66.0 cm³/mol. The van der Waals surface area contributed by atoms with E-state index in [1.807, 2.05) is 0 Å². The van der Waals surface area contributed by atoms with Crippen molar-refractivity contribution < 1.29 is 24.2 Å². The summed E-state index contributed by atoms with van der Waals surface area (Å²) in [5, 5.41) is 10.9. The zero-order valence-electron chi connectivity index (χ0n) is 11.1. The quantitative estimate of drug-likeness (QED) is 0.500. The van der Waals surface area contributed by atoms with Crippen LogP contribution in [0.4, 0.5) is 0 Å². The molecule has 1 rings (SSSR count). The fourth-order valence-corrected chi connectivity index (χ4v) is 1.97. The maximum atomic E-state index is 11.7. The number of hydrogen-bond acceptors (Lipinski definition) is 5. The minimum Gasteiger partial charge on any atom is -0.466 e. The Balaban J connectivity index is 2.38. The monoisotopic (exact) mass is 272 g/mol. The van der Waals surface area contributed by atoms with Crippen molar-refractivity contribution in [3.8, 4) is 0 Å². The molecule has 0 spiro atoms. The van der Waals surface area contributed by atoms with Gasteiger partial charge in [0, 0.05) is 19.6 Å². The lowest BCUT2D eigenvalue weighted by atomic mass is 9.97. The van der Waals surface area contributed by atoms with Crippen LogP contribution in [0, 0.1) is 5.92 Å². The van der Waals surface area contributed by atoms with Gasteiger partial charge in [-0.2, -0.15) is 0 Å². The van der Waals surface area contributed by atoms with Gasteiger partial charge in [0.2, 0.25) is 0 Å². The zero-order valence-corrected chi connectivity index (χ0v) is 11.1. The van der Waals surface area contributed by atoms with Crippen molar-refractivity contribution in [2.45, 2.75) is 19.8 Å². The lowest BCUT2D eigenvalue weighted by molar-refractivity contribution is -0.152. The normalized spacial score (nSPS) is 16.0. The highest BCUT2D eigenvalue weighted by Crippen LogP contribution is 2.18. The number of ether oxygens (including phenoxy) is 1. The Morgan fingerprint density at radius 3 is 2.47 bits per heavy atom. The molecule has 2 N–H and O–H groups in total. The number of hydrogen-bond donors (Lipinski definition) is 2. The maximum absolute atomic E-state index is 11.7. The molecule has 1 fully saturated rings. The first-order chi connectivity index (χ1) is 9.10. The number of esters is 1. The molecule has 0 aromatic rings. The molecule has 0 aliphatic carbocycles. The molecule has 0 aromatic heterocycles. The van der Waals surface area contributed by atoms with Gasteiger partial charge in [0.1, 0.15) is 0 Å². The van der Waals surface area contributed by atoms with Gasteiger partial charge in [-0.3, -0.25) is 14.4 Å². The van der Waals surface area contributed by atoms with Crippen molar-refractivity contribution in [3.63, 3.8) is 0 Å². The third kappa shape index (κ3) is 4.51. The van der Waals surface area contributed by atoms with Crippen LogP contribution in [-0.2, 0) is 19.1 Å². The van der Waals surface area contributed by atoms with Crippen molar-refractivity contribution in [1.29, 1.82) is 0 Å². The van der Waals surface area contributed by atoms with E-state index in [-0.39, 0.29) is 25.0 Å². The largest absolute Gasteiger partial charge is 0.466 e. The summed E-state index contributed by atoms with van der Waals surface area (Å²) in [4.78, 5) is 36.1. The minimum atomic E-state index is -0.719. The fourth-order valence-electron chi connectivity index (χ4n) is 1.97. The molecule has 1 heterocycles. The van der Waals surface area contributed by atoms with Crippen LogP contribution in [0.2, 0.25) is 0 Å². The lowest BCUT2D eigenvalue weighted by Crippen LogP contribution is -2.47. The number of aliphatic hydroxyl groups excluding tert-OH is 1. The summed E-state index contributed by atoms with van der Waals surface area (Å²) in [6.45, 7) is 2.70. The summed E-state index contributed by atoms with van der Waals surface area (Å²) in [5.41, 5.74) is 0. The van der Waals surface area contributed by atoms with E-state index in [0.29, 0.717) is 32.5 Å². The smallest absolute Gasteiger partial charge is 0.311 e.